The molecule has 0 saturated carbocycles. The second kappa shape index (κ2) is 7.11. The molecule has 0 fully saturated rings. The number of esters is 1. The normalized spacial score (nSPS) is 10.7. The van der Waals surface area contributed by atoms with Crippen LogP contribution in [0, 0.1) is 6.92 Å². The van der Waals surface area contributed by atoms with Crippen molar-refractivity contribution in [3.8, 4) is 5.75 Å². The van der Waals surface area contributed by atoms with E-state index < -0.39 is 5.97 Å². The molecule has 0 unspecified atom stereocenters. The fourth-order valence-corrected chi connectivity index (χ4v) is 2.33. The van der Waals surface area contributed by atoms with Gasteiger partial charge in [0.15, 0.2) is 6.61 Å². The van der Waals surface area contributed by atoms with E-state index in [9.17, 15) is 9.59 Å². The van der Waals surface area contributed by atoms with Crippen LogP contribution in [0.5, 0.6) is 5.75 Å². The van der Waals surface area contributed by atoms with E-state index in [0.717, 1.165) is 30.2 Å². The van der Waals surface area contributed by atoms with Crippen molar-refractivity contribution >= 4 is 16.9 Å². The van der Waals surface area contributed by atoms with Crippen LogP contribution < -0.4 is 10.4 Å². The zero-order valence-corrected chi connectivity index (χ0v) is 13.1. The number of rotatable bonds is 6. The zero-order chi connectivity index (χ0) is 16.1. The zero-order valence-electron chi connectivity index (χ0n) is 13.1. The van der Waals surface area contributed by atoms with E-state index in [1.165, 1.54) is 7.11 Å². The van der Waals surface area contributed by atoms with Gasteiger partial charge in [0.05, 0.1) is 7.11 Å². The summed E-state index contributed by atoms with van der Waals surface area (Å²) in [7, 11) is 1.30. The molecule has 0 atom stereocenters. The van der Waals surface area contributed by atoms with Crippen LogP contribution in [0.1, 0.15) is 30.9 Å². The number of benzene rings is 1. The number of carbonyl (C=O) groups excluding carboxylic acids is 1. The molecule has 2 rings (SSSR count). The first-order chi connectivity index (χ1) is 10.6. The van der Waals surface area contributed by atoms with Gasteiger partial charge in [-0.25, -0.2) is 9.59 Å². The summed E-state index contributed by atoms with van der Waals surface area (Å²) in [6.07, 6.45) is 2.90. The highest BCUT2D eigenvalue weighted by molar-refractivity contribution is 5.85. The summed E-state index contributed by atoms with van der Waals surface area (Å²) in [6, 6.07) is 5.20. The first-order valence-electron chi connectivity index (χ1n) is 7.32. The van der Waals surface area contributed by atoms with E-state index in [1.54, 1.807) is 12.1 Å². The minimum Gasteiger partial charge on any atom is -0.481 e. The Kier molecular flexibility index (Phi) is 5.20. The molecule has 2 aromatic rings. The second-order valence-corrected chi connectivity index (χ2v) is 5.12. The van der Waals surface area contributed by atoms with Gasteiger partial charge in [-0.3, -0.25) is 0 Å². The molecule has 5 nitrogen and oxygen atoms in total. The van der Waals surface area contributed by atoms with Gasteiger partial charge in [0.2, 0.25) is 0 Å². The van der Waals surface area contributed by atoms with E-state index in [2.05, 4.69) is 11.7 Å². The predicted molar refractivity (Wildman–Crippen MR) is 83.3 cm³/mol. The fourth-order valence-electron chi connectivity index (χ4n) is 2.33. The molecule has 5 heteroatoms. The summed E-state index contributed by atoms with van der Waals surface area (Å²) < 4.78 is 15.3. The molecule has 118 valence electrons. The second-order valence-electron chi connectivity index (χ2n) is 5.12. The van der Waals surface area contributed by atoms with E-state index in [-0.39, 0.29) is 12.2 Å². The van der Waals surface area contributed by atoms with Crippen LogP contribution in [0.15, 0.2) is 27.4 Å². The Morgan fingerprint density at radius 3 is 2.77 bits per heavy atom. The van der Waals surface area contributed by atoms with Crippen LogP contribution in [0.3, 0.4) is 0 Å². The number of carbonyl (C=O) groups is 1. The Hall–Kier alpha value is -2.30. The van der Waals surface area contributed by atoms with Crippen LogP contribution >= 0.6 is 0 Å². The third-order valence-electron chi connectivity index (χ3n) is 3.57. The lowest BCUT2D eigenvalue weighted by Gasteiger charge is -2.11. The van der Waals surface area contributed by atoms with Crippen LogP contribution in [-0.2, 0) is 16.0 Å². The standard InChI is InChI=1S/C17H20O5/c1-4-5-6-12-9-15(18)22-17-11(2)14(8-7-13(12)17)21-10-16(19)20-3/h7-9H,4-6,10H2,1-3H3. The molecular weight excluding hydrogens is 284 g/mol. The van der Waals surface area contributed by atoms with Crippen molar-refractivity contribution in [3.63, 3.8) is 0 Å². The number of fused-ring (bicyclic) bond motifs is 1. The maximum atomic E-state index is 11.8. The van der Waals surface area contributed by atoms with E-state index in [1.807, 2.05) is 13.0 Å². The van der Waals surface area contributed by atoms with Crippen molar-refractivity contribution in [2.24, 2.45) is 0 Å². The number of methoxy groups -OCH3 is 1. The summed E-state index contributed by atoms with van der Waals surface area (Å²) in [5, 5.41) is 0.913. The number of hydrogen-bond donors (Lipinski definition) is 0. The third kappa shape index (κ3) is 3.47. The molecule has 0 spiro atoms. The third-order valence-corrected chi connectivity index (χ3v) is 3.57. The molecule has 22 heavy (non-hydrogen) atoms. The summed E-state index contributed by atoms with van der Waals surface area (Å²) in [6.45, 7) is 3.74. The van der Waals surface area contributed by atoms with Gasteiger partial charge in [0, 0.05) is 17.0 Å². The Morgan fingerprint density at radius 1 is 1.32 bits per heavy atom. The lowest BCUT2D eigenvalue weighted by atomic mass is 10.0. The van der Waals surface area contributed by atoms with Gasteiger partial charge in [-0.2, -0.15) is 0 Å². The van der Waals surface area contributed by atoms with Gasteiger partial charge in [-0.05, 0) is 37.5 Å². The lowest BCUT2D eigenvalue weighted by Crippen LogP contribution is -2.13. The van der Waals surface area contributed by atoms with Crippen molar-refractivity contribution in [1.82, 2.24) is 0 Å². The SMILES string of the molecule is CCCCc1cc(=O)oc2c(C)c(OCC(=O)OC)ccc12. The van der Waals surface area contributed by atoms with E-state index in [4.69, 9.17) is 9.15 Å². The molecule has 0 aliphatic rings. The Balaban J connectivity index is 2.42. The van der Waals surface area contributed by atoms with Crippen molar-refractivity contribution in [1.29, 1.82) is 0 Å². The molecule has 0 aliphatic carbocycles. The molecule has 0 N–H and O–H groups in total. The molecule has 0 bridgehead atoms. The van der Waals surface area contributed by atoms with Crippen LogP contribution in [0.25, 0.3) is 11.0 Å². The van der Waals surface area contributed by atoms with Gasteiger partial charge >= 0.3 is 11.6 Å². The topological polar surface area (TPSA) is 65.7 Å². The summed E-state index contributed by atoms with van der Waals surface area (Å²) in [5.74, 6) is 0.0475. The molecule has 0 saturated heterocycles. The van der Waals surface area contributed by atoms with Crippen molar-refractivity contribution < 1.29 is 18.7 Å². The number of aryl methyl sites for hydroxylation is 2. The molecule has 1 heterocycles. The highest BCUT2D eigenvalue weighted by atomic mass is 16.6. The first kappa shape index (κ1) is 16.1. The van der Waals surface area contributed by atoms with Gasteiger partial charge in [-0.15, -0.1) is 0 Å². The number of hydrogen-bond acceptors (Lipinski definition) is 5. The molecule has 1 aromatic carbocycles. The van der Waals surface area contributed by atoms with Crippen LogP contribution in [0.2, 0.25) is 0 Å². The first-order valence-corrected chi connectivity index (χ1v) is 7.32. The predicted octanol–water partition coefficient (Wildman–Crippen LogP) is 3.00. The Labute approximate surface area is 128 Å². The monoisotopic (exact) mass is 304 g/mol. The summed E-state index contributed by atoms with van der Waals surface area (Å²) in [4.78, 5) is 22.9. The largest absolute Gasteiger partial charge is 0.481 e. The van der Waals surface area contributed by atoms with Gasteiger partial charge < -0.3 is 13.9 Å². The minimum absolute atomic E-state index is 0.178. The van der Waals surface area contributed by atoms with E-state index >= 15 is 0 Å². The molecule has 0 aliphatic heterocycles. The average molecular weight is 304 g/mol. The maximum Gasteiger partial charge on any atom is 0.343 e. The van der Waals surface area contributed by atoms with E-state index in [0.29, 0.717) is 16.9 Å². The fraction of sp³-hybridized carbons (Fsp3) is 0.412. The summed E-state index contributed by atoms with van der Waals surface area (Å²) >= 11 is 0. The highest BCUT2D eigenvalue weighted by Gasteiger charge is 2.12. The van der Waals surface area contributed by atoms with Crippen LogP contribution in [0.4, 0.5) is 0 Å². The number of unbranched alkanes of at least 4 members (excludes halogenated alkanes) is 1. The maximum absolute atomic E-state index is 11.8. The van der Waals surface area contributed by atoms with Crippen molar-refractivity contribution in [2.45, 2.75) is 33.1 Å². The van der Waals surface area contributed by atoms with Gasteiger partial charge in [0.25, 0.3) is 0 Å². The summed E-state index contributed by atoms with van der Waals surface area (Å²) in [5.41, 5.74) is 1.83. The van der Waals surface area contributed by atoms with Crippen LogP contribution in [-0.4, -0.2) is 19.7 Å². The quantitative estimate of drug-likeness (QED) is 0.606. The van der Waals surface area contributed by atoms with Gasteiger partial charge in [-0.1, -0.05) is 13.3 Å². The van der Waals surface area contributed by atoms with Gasteiger partial charge in [0.1, 0.15) is 11.3 Å². The smallest absolute Gasteiger partial charge is 0.343 e. The number of ether oxygens (including phenoxy) is 2. The lowest BCUT2D eigenvalue weighted by molar-refractivity contribution is -0.142. The van der Waals surface area contributed by atoms with Crippen molar-refractivity contribution in [2.75, 3.05) is 13.7 Å². The van der Waals surface area contributed by atoms with Crippen molar-refractivity contribution in [3.05, 3.63) is 39.7 Å². The Morgan fingerprint density at radius 2 is 2.09 bits per heavy atom. The highest BCUT2D eigenvalue weighted by Crippen LogP contribution is 2.29. The molecule has 0 amide bonds. The Bertz CT molecular complexity index is 730. The molecule has 1 aromatic heterocycles. The minimum atomic E-state index is -0.461. The average Bonchev–Trinajstić information content (AvgIpc) is 2.52. The molecular formula is C17H20O5. The molecule has 0 radical (unpaired) electrons.